The Hall–Kier alpha value is -1.81. The lowest BCUT2D eigenvalue weighted by atomic mass is 10.1. The zero-order valence-electron chi connectivity index (χ0n) is 10.5. The van der Waals surface area contributed by atoms with E-state index in [9.17, 15) is 4.79 Å². The molecule has 0 saturated carbocycles. The highest BCUT2D eigenvalue weighted by molar-refractivity contribution is 6.31. The molecule has 0 radical (unpaired) electrons. The van der Waals surface area contributed by atoms with Gasteiger partial charge in [0.2, 0.25) is 0 Å². The fourth-order valence-electron chi connectivity index (χ4n) is 1.75. The van der Waals surface area contributed by atoms with E-state index >= 15 is 0 Å². The number of H-pyrrole nitrogens is 1. The van der Waals surface area contributed by atoms with Crippen LogP contribution in [0.5, 0.6) is 0 Å². The molecular weight excluding hydrogens is 250 g/mol. The first-order chi connectivity index (χ1) is 8.49. The lowest BCUT2D eigenvalue weighted by molar-refractivity contribution is 0.102. The highest BCUT2D eigenvalue weighted by Gasteiger charge is 2.15. The van der Waals surface area contributed by atoms with Gasteiger partial charge in [-0.2, -0.15) is 5.10 Å². The van der Waals surface area contributed by atoms with Gasteiger partial charge in [-0.1, -0.05) is 17.7 Å². The number of nitrogens with one attached hydrogen (secondary N) is 2. The summed E-state index contributed by atoms with van der Waals surface area (Å²) in [5.74, 6) is -0.182. The smallest absolute Gasteiger partial charge is 0.259 e. The maximum Gasteiger partial charge on any atom is 0.259 e. The third-order valence-corrected chi connectivity index (χ3v) is 3.19. The van der Waals surface area contributed by atoms with E-state index in [-0.39, 0.29) is 5.91 Å². The number of anilines is 1. The largest absolute Gasteiger partial charge is 0.322 e. The van der Waals surface area contributed by atoms with E-state index in [0.29, 0.717) is 22.0 Å². The molecule has 94 valence electrons. The maximum atomic E-state index is 12.1. The fraction of sp³-hybridized carbons (Fsp3) is 0.231. The minimum absolute atomic E-state index is 0.182. The van der Waals surface area contributed by atoms with Crippen molar-refractivity contribution in [1.82, 2.24) is 10.2 Å². The van der Waals surface area contributed by atoms with Gasteiger partial charge in [0.25, 0.3) is 5.91 Å². The van der Waals surface area contributed by atoms with E-state index in [1.807, 2.05) is 26.0 Å². The van der Waals surface area contributed by atoms with Crippen molar-refractivity contribution in [1.29, 1.82) is 0 Å². The first-order valence-corrected chi connectivity index (χ1v) is 5.96. The molecule has 2 aromatic rings. The number of halogens is 1. The van der Waals surface area contributed by atoms with Crippen molar-refractivity contribution in [2.75, 3.05) is 5.32 Å². The fourth-order valence-corrected chi connectivity index (χ4v) is 1.93. The van der Waals surface area contributed by atoms with Gasteiger partial charge in [-0.25, -0.2) is 0 Å². The van der Waals surface area contributed by atoms with Crippen LogP contribution in [0.4, 0.5) is 5.69 Å². The number of carbonyl (C=O) groups is 1. The van der Waals surface area contributed by atoms with Gasteiger partial charge in [0.1, 0.15) is 0 Å². The molecule has 2 N–H and O–H groups in total. The number of aromatic nitrogens is 2. The molecule has 5 heteroatoms. The van der Waals surface area contributed by atoms with Crippen LogP contribution in [0.2, 0.25) is 5.02 Å². The van der Waals surface area contributed by atoms with Crippen LogP contribution in [0.15, 0.2) is 18.2 Å². The summed E-state index contributed by atoms with van der Waals surface area (Å²) in [5.41, 5.74) is 3.67. The molecule has 18 heavy (non-hydrogen) atoms. The summed E-state index contributed by atoms with van der Waals surface area (Å²) < 4.78 is 0. The third-order valence-electron chi connectivity index (χ3n) is 2.78. The Kier molecular flexibility index (Phi) is 3.39. The number of amides is 1. The van der Waals surface area contributed by atoms with Gasteiger partial charge in [0.05, 0.1) is 11.3 Å². The lowest BCUT2D eigenvalue weighted by Gasteiger charge is -2.07. The molecule has 2 rings (SSSR count). The van der Waals surface area contributed by atoms with Crippen molar-refractivity contribution < 1.29 is 4.79 Å². The molecule has 0 fully saturated rings. The van der Waals surface area contributed by atoms with Gasteiger partial charge in [0, 0.05) is 16.4 Å². The van der Waals surface area contributed by atoms with E-state index in [4.69, 9.17) is 11.6 Å². The number of carbonyl (C=O) groups excluding carboxylic acids is 1. The van der Waals surface area contributed by atoms with E-state index in [2.05, 4.69) is 15.5 Å². The Morgan fingerprint density at radius 1 is 1.33 bits per heavy atom. The van der Waals surface area contributed by atoms with Crippen LogP contribution in [-0.2, 0) is 0 Å². The number of aryl methyl sites for hydroxylation is 3. The molecular formula is C13H14ClN3O. The maximum absolute atomic E-state index is 12.1. The summed E-state index contributed by atoms with van der Waals surface area (Å²) in [6.07, 6.45) is 0. The van der Waals surface area contributed by atoms with Gasteiger partial charge in [0.15, 0.2) is 0 Å². The molecule has 0 aliphatic rings. The summed E-state index contributed by atoms with van der Waals surface area (Å²) in [5, 5.41) is 10.2. The summed E-state index contributed by atoms with van der Waals surface area (Å²) in [6.45, 7) is 5.52. The van der Waals surface area contributed by atoms with Crippen LogP contribution in [-0.4, -0.2) is 16.1 Å². The normalized spacial score (nSPS) is 10.4. The molecule has 1 heterocycles. The molecule has 0 aliphatic heterocycles. The van der Waals surface area contributed by atoms with E-state index in [0.717, 1.165) is 11.3 Å². The van der Waals surface area contributed by atoms with E-state index < -0.39 is 0 Å². The summed E-state index contributed by atoms with van der Waals surface area (Å²) in [7, 11) is 0. The average molecular weight is 264 g/mol. The predicted octanol–water partition coefficient (Wildman–Crippen LogP) is 3.24. The minimum atomic E-state index is -0.182. The van der Waals surface area contributed by atoms with E-state index in [1.165, 1.54) is 0 Å². The van der Waals surface area contributed by atoms with Crippen LogP contribution in [0.25, 0.3) is 0 Å². The van der Waals surface area contributed by atoms with Crippen LogP contribution < -0.4 is 5.32 Å². The number of benzene rings is 1. The predicted molar refractivity (Wildman–Crippen MR) is 72.2 cm³/mol. The Balaban J connectivity index is 2.24. The monoisotopic (exact) mass is 263 g/mol. The second kappa shape index (κ2) is 4.82. The number of hydrogen-bond acceptors (Lipinski definition) is 2. The average Bonchev–Trinajstić information content (AvgIpc) is 2.64. The standard InChI is InChI=1S/C13H14ClN3O/c1-7-4-5-10(6-11(7)14)15-13(18)12-8(2)16-17-9(12)3/h4-6H,1-3H3,(H,15,18)(H,16,17). The molecule has 0 atom stereocenters. The van der Waals surface area contributed by atoms with Crippen LogP contribution in [0, 0.1) is 20.8 Å². The van der Waals surface area contributed by atoms with Crippen LogP contribution >= 0.6 is 11.6 Å². The Labute approximate surface area is 110 Å². The Bertz CT molecular complexity index is 585. The highest BCUT2D eigenvalue weighted by atomic mass is 35.5. The van der Waals surface area contributed by atoms with Crippen molar-refractivity contribution >= 4 is 23.2 Å². The highest BCUT2D eigenvalue weighted by Crippen LogP contribution is 2.21. The summed E-state index contributed by atoms with van der Waals surface area (Å²) in [4.78, 5) is 12.1. The molecule has 0 unspecified atom stereocenters. The van der Waals surface area contributed by atoms with Crippen molar-refractivity contribution in [3.05, 3.63) is 45.7 Å². The molecule has 4 nitrogen and oxygen atoms in total. The topological polar surface area (TPSA) is 57.8 Å². The first-order valence-electron chi connectivity index (χ1n) is 5.58. The van der Waals surface area contributed by atoms with Gasteiger partial charge in [-0.05, 0) is 38.5 Å². The Morgan fingerprint density at radius 3 is 2.61 bits per heavy atom. The number of aromatic amines is 1. The SMILES string of the molecule is Cc1ccc(NC(=O)c2c(C)n[nH]c2C)cc1Cl. The molecule has 1 aromatic carbocycles. The van der Waals surface area contributed by atoms with Crippen molar-refractivity contribution in [2.45, 2.75) is 20.8 Å². The molecule has 0 bridgehead atoms. The lowest BCUT2D eigenvalue weighted by Crippen LogP contribution is -2.13. The quantitative estimate of drug-likeness (QED) is 0.874. The second-order valence-electron chi connectivity index (χ2n) is 4.23. The minimum Gasteiger partial charge on any atom is -0.322 e. The van der Waals surface area contributed by atoms with Gasteiger partial charge >= 0.3 is 0 Å². The van der Waals surface area contributed by atoms with Gasteiger partial charge in [-0.15, -0.1) is 0 Å². The second-order valence-corrected chi connectivity index (χ2v) is 4.63. The van der Waals surface area contributed by atoms with Crippen molar-refractivity contribution in [2.24, 2.45) is 0 Å². The third kappa shape index (κ3) is 2.38. The Morgan fingerprint density at radius 2 is 2.06 bits per heavy atom. The number of nitrogens with zero attached hydrogens (tertiary/aromatic N) is 1. The molecule has 0 aliphatic carbocycles. The zero-order valence-corrected chi connectivity index (χ0v) is 11.2. The van der Waals surface area contributed by atoms with Crippen molar-refractivity contribution in [3.8, 4) is 0 Å². The molecule has 0 saturated heterocycles. The van der Waals surface area contributed by atoms with Gasteiger partial charge in [-0.3, -0.25) is 9.89 Å². The van der Waals surface area contributed by atoms with Gasteiger partial charge < -0.3 is 5.32 Å². The zero-order chi connectivity index (χ0) is 13.3. The first kappa shape index (κ1) is 12.6. The summed E-state index contributed by atoms with van der Waals surface area (Å²) in [6, 6.07) is 5.43. The van der Waals surface area contributed by atoms with Crippen LogP contribution in [0.1, 0.15) is 27.3 Å². The molecule has 1 amide bonds. The number of rotatable bonds is 2. The molecule has 1 aromatic heterocycles. The van der Waals surface area contributed by atoms with Crippen molar-refractivity contribution in [3.63, 3.8) is 0 Å². The summed E-state index contributed by atoms with van der Waals surface area (Å²) >= 11 is 6.01. The molecule has 0 spiro atoms. The van der Waals surface area contributed by atoms with Crippen LogP contribution in [0.3, 0.4) is 0 Å². The van der Waals surface area contributed by atoms with E-state index in [1.54, 1.807) is 13.0 Å². The number of hydrogen-bond donors (Lipinski definition) is 2.